The van der Waals surface area contributed by atoms with E-state index >= 15 is 0 Å². The number of nitriles is 1. The van der Waals surface area contributed by atoms with Gasteiger partial charge in [-0.2, -0.15) is 5.26 Å². The monoisotopic (exact) mass is 316 g/mol. The number of hydrogen-bond donors (Lipinski definition) is 1. The van der Waals surface area contributed by atoms with Crippen molar-refractivity contribution >= 4 is 5.82 Å². The maximum atomic E-state index is 10.6. The lowest BCUT2D eigenvalue weighted by Gasteiger charge is -2.43. The van der Waals surface area contributed by atoms with Gasteiger partial charge in [0.2, 0.25) is 0 Å². The molecular formula is C17H24N4O2. The first-order chi connectivity index (χ1) is 11.1. The Hall–Kier alpha value is -1.68. The third kappa shape index (κ3) is 3.32. The number of pyridine rings is 1. The minimum Gasteiger partial charge on any atom is -0.390 e. The number of piperidine rings is 1. The second-order valence-electron chi connectivity index (χ2n) is 6.41. The predicted molar refractivity (Wildman–Crippen MR) is 87.4 cm³/mol. The summed E-state index contributed by atoms with van der Waals surface area (Å²) in [4.78, 5) is 8.94. The van der Waals surface area contributed by atoms with Crippen molar-refractivity contribution in [3.05, 3.63) is 22.9 Å². The van der Waals surface area contributed by atoms with Crippen molar-refractivity contribution in [1.82, 2.24) is 9.88 Å². The standard InChI is InChI=1S/C17H24N4O2/c1-12-9-13(2)19-17(14(12)10-18)21-4-3-15(16(22)11-21)20-5-7-23-8-6-20/h9,15-16,22H,3-8,11H2,1-2H3/t15-,16-/m1/s1. The molecule has 0 amide bonds. The fraction of sp³-hybridized carbons (Fsp3) is 0.647. The summed E-state index contributed by atoms with van der Waals surface area (Å²) >= 11 is 0. The van der Waals surface area contributed by atoms with Crippen molar-refractivity contribution in [1.29, 1.82) is 5.26 Å². The van der Waals surface area contributed by atoms with Gasteiger partial charge in [0, 0.05) is 37.9 Å². The second-order valence-corrected chi connectivity index (χ2v) is 6.41. The Morgan fingerprint density at radius 2 is 2.04 bits per heavy atom. The molecule has 3 heterocycles. The van der Waals surface area contributed by atoms with E-state index in [4.69, 9.17) is 4.74 Å². The molecule has 2 fully saturated rings. The molecule has 3 rings (SSSR count). The SMILES string of the molecule is Cc1cc(C)c(C#N)c(N2CC[C@@H](N3CCOCC3)[C@H](O)C2)n1. The summed E-state index contributed by atoms with van der Waals surface area (Å²) in [7, 11) is 0. The Morgan fingerprint density at radius 3 is 2.70 bits per heavy atom. The van der Waals surface area contributed by atoms with Gasteiger partial charge < -0.3 is 14.7 Å². The molecule has 0 spiro atoms. The number of β-amino-alcohol motifs (C(OH)–C–C–N with tert-alkyl or cyclic N) is 1. The first-order valence-corrected chi connectivity index (χ1v) is 8.23. The molecule has 2 saturated heterocycles. The van der Waals surface area contributed by atoms with Gasteiger partial charge in [-0.3, -0.25) is 4.90 Å². The zero-order chi connectivity index (χ0) is 16.4. The fourth-order valence-corrected chi connectivity index (χ4v) is 3.63. The minimum atomic E-state index is -0.434. The van der Waals surface area contributed by atoms with Crippen LogP contribution in [0.4, 0.5) is 5.82 Å². The first kappa shape index (κ1) is 16.2. The number of hydrogen-bond acceptors (Lipinski definition) is 6. The summed E-state index contributed by atoms with van der Waals surface area (Å²) in [6.07, 6.45) is 0.441. The van der Waals surface area contributed by atoms with Crippen molar-refractivity contribution in [2.24, 2.45) is 0 Å². The highest BCUT2D eigenvalue weighted by atomic mass is 16.5. The Labute approximate surface area is 137 Å². The molecule has 2 aliphatic heterocycles. The van der Waals surface area contributed by atoms with Gasteiger partial charge in [-0.1, -0.05) is 0 Å². The van der Waals surface area contributed by atoms with E-state index in [1.54, 1.807) is 0 Å². The highest BCUT2D eigenvalue weighted by Gasteiger charge is 2.34. The Bertz CT molecular complexity index is 607. The molecule has 6 nitrogen and oxygen atoms in total. The molecule has 1 aromatic rings. The maximum absolute atomic E-state index is 10.6. The van der Waals surface area contributed by atoms with Crippen LogP contribution in [-0.2, 0) is 4.74 Å². The molecule has 0 aliphatic carbocycles. The number of aliphatic hydroxyl groups is 1. The summed E-state index contributed by atoms with van der Waals surface area (Å²) in [6.45, 7) is 8.45. The van der Waals surface area contributed by atoms with Crippen LogP contribution in [0.2, 0.25) is 0 Å². The number of aromatic nitrogens is 1. The number of morpholine rings is 1. The maximum Gasteiger partial charge on any atom is 0.147 e. The van der Waals surface area contributed by atoms with E-state index in [9.17, 15) is 10.4 Å². The zero-order valence-electron chi connectivity index (χ0n) is 13.8. The number of ether oxygens (including phenoxy) is 1. The molecule has 124 valence electrons. The van der Waals surface area contributed by atoms with Crippen LogP contribution in [-0.4, -0.2) is 66.5 Å². The lowest BCUT2D eigenvalue weighted by atomic mass is 9.98. The third-order valence-electron chi connectivity index (χ3n) is 4.80. The fourth-order valence-electron chi connectivity index (χ4n) is 3.63. The number of nitrogens with zero attached hydrogens (tertiary/aromatic N) is 4. The van der Waals surface area contributed by atoms with Gasteiger partial charge in [0.1, 0.15) is 11.9 Å². The van der Waals surface area contributed by atoms with Gasteiger partial charge in [0.25, 0.3) is 0 Å². The van der Waals surface area contributed by atoms with E-state index in [1.165, 1.54) is 0 Å². The van der Waals surface area contributed by atoms with Crippen molar-refractivity contribution < 1.29 is 9.84 Å². The lowest BCUT2D eigenvalue weighted by molar-refractivity contribution is -0.0274. The molecule has 1 N–H and O–H groups in total. The van der Waals surface area contributed by atoms with Gasteiger partial charge >= 0.3 is 0 Å². The lowest BCUT2D eigenvalue weighted by Crippen LogP contribution is -2.57. The summed E-state index contributed by atoms with van der Waals surface area (Å²) in [5.41, 5.74) is 2.47. The van der Waals surface area contributed by atoms with Gasteiger partial charge in [-0.05, 0) is 31.9 Å². The van der Waals surface area contributed by atoms with Crippen LogP contribution in [0, 0.1) is 25.2 Å². The van der Waals surface area contributed by atoms with Crippen LogP contribution >= 0.6 is 0 Å². The summed E-state index contributed by atoms with van der Waals surface area (Å²) in [5, 5.41) is 20.1. The van der Waals surface area contributed by atoms with E-state index in [0.717, 1.165) is 50.5 Å². The van der Waals surface area contributed by atoms with Crippen LogP contribution < -0.4 is 4.90 Å². The van der Waals surface area contributed by atoms with Gasteiger partial charge in [-0.15, -0.1) is 0 Å². The normalized spacial score (nSPS) is 26.1. The van der Waals surface area contributed by atoms with E-state index in [-0.39, 0.29) is 6.04 Å². The molecule has 2 atom stereocenters. The summed E-state index contributed by atoms with van der Waals surface area (Å²) in [6, 6.07) is 4.37. The van der Waals surface area contributed by atoms with Crippen molar-refractivity contribution in [2.45, 2.75) is 32.4 Å². The van der Waals surface area contributed by atoms with Gasteiger partial charge in [-0.25, -0.2) is 4.98 Å². The van der Waals surface area contributed by atoms with Crippen LogP contribution in [0.5, 0.6) is 0 Å². The Morgan fingerprint density at radius 1 is 1.30 bits per heavy atom. The predicted octanol–water partition coefficient (Wildman–Crippen LogP) is 0.842. The summed E-state index contributed by atoms with van der Waals surface area (Å²) < 4.78 is 5.39. The van der Waals surface area contributed by atoms with Gasteiger partial charge in [0.05, 0.1) is 24.9 Å². The summed E-state index contributed by atoms with van der Waals surface area (Å²) in [5.74, 6) is 0.712. The quantitative estimate of drug-likeness (QED) is 0.872. The molecule has 23 heavy (non-hydrogen) atoms. The van der Waals surface area contributed by atoms with E-state index in [1.807, 2.05) is 19.9 Å². The molecule has 1 aromatic heterocycles. The van der Waals surface area contributed by atoms with E-state index in [2.05, 4.69) is 20.9 Å². The largest absolute Gasteiger partial charge is 0.390 e. The molecule has 0 saturated carbocycles. The number of anilines is 1. The van der Waals surface area contributed by atoms with Crippen molar-refractivity contribution in [3.8, 4) is 6.07 Å². The van der Waals surface area contributed by atoms with E-state index in [0.29, 0.717) is 17.9 Å². The molecule has 0 radical (unpaired) electrons. The molecule has 0 unspecified atom stereocenters. The second kappa shape index (κ2) is 6.83. The number of aliphatic hydroxyl groups excluding tert-OH is 1. The van der Waals surface area contributed by atoms with Gasteiger partial charge in [0.15, 0.2) is 0 Å². The highest BCUT2D eigenvalue weighted by Crippen LogP contribution is 2.27. The Balaban J connectivity index is 1.76. The van der Waals surface area contributed by atoms with E-state index < -0.39 is 6.10 Å². The number of rotatable bonds is 2. The molecule has 2 aliphatic rings. The molecule has 0 bridgehead atoms. The van der Waals surface area contributed by atoms with Crippen LogP contribution in [0.1, 0.15) is 23.2 Å². The average Bonchev–Trinajstić information content (AvgIpc) is 2.55. The topological polar surface area (TPSA) is 72.6 Å². The zero-order valence-corrected chi connectivity index (χ0v) is 13.8. The number of aryl methyl sites for hydroxylation is 2. The average molecular weight is 316 g/mol. The van der Waals surface area contributed by atoms with Crippen molar-refractivity contribution in [3.63, 3.8) is 0 Å². The van der Waals surface area contributed by atoms with Crippen molar-refractivity contribution in [2.75, 3.05) is 44.3 Å². The van der Waals surface area contributed by atoms with Crippen LogP contribution in [0.25, 0.3) is 0 Å². The minimum absolute atomic E-state index is 0.173. The smallest absolute Gasteiger partial charge is 0.147 e. The Kier molecular flexibility index (Phi) is 4.81. The molecule has 6 heteroatoms. The van der Waals surface area contributed by atoms with Crippen LogP contribution in [0.15, 0.2) is 6.07 Å². The highest BCUT2D eigenvalue weighted by molar-refractivity contribution is 5.58. The first-order valence-electron chi connectivity index (χ1n) is 8.23. The third-order valence-corrected chi connectivity index (χ3v) is 4.80. The molecular weight excluding hydrogens is 292 g/mol. The van der Waals surface area contributed by atoms with Crippen LogP contribution in [0.3, 0.4) is 0 Å². The molecule has 0 aromatic carbocycles.